The van der Waals surface area contributed by atoms with Crippen LogP contribution in [0.3, 0.4) is 0 Å². The average Bonchev–Trinajstić information content (AvgIpc) is 2.61. The molecule has 2 fully saturated rings. The maximum absolute atomic E-state index is 11.3. The number of amides is 1. The van der Waals surface area contributed by atoms with Crippen molar-refractivity contribution in [3.05, 3.63) is 0 Å². The fourth-order valence-corrected chi connectivity index (χ4v) is 2.97. The van der Waals surface area contributed by atoms with E-state index in [0.29, 0.717) is 6.04 Å². The second kappa shape index (κ2) is 4.49. The number of fused-ring (bicyclic) bond motifs is 1. The van der Waals surface area contributed by atoms with Crippen LogP contribution < -0.4 is 11.1 Å². The maximum Gasteiger partial charge on any atom is 0.234 e. The van der Waals surface area contributed by atoms with Gasteiger partial charge in [0.25, 0.3) is 0 Å². The lowest BCUT2D eigenvalue weighted by atomic mass is 9.94. The molecule has 4 nitrogen and oxygen atoms in total. The van der Waals surface area contributed by atoms with E-state index < -0.39 is 0 Å². The maximum atomic E-state index is 11.3. The average molecular weight is 211 g/mol. The first-order valence-electron chi connectivity index (χ1n) is 5.99. The fraction of sp³-hybridized carbons (Fsp3) is 0.909. The number of carbonyl (C=O) groups is 1. The summed E-state index contributed by atoms with van der Waals surface area (Å²) in [6.45, 7) is 5.19. The first-order chi connectivity index (χ1) is 7.22. The molecule has 0 aromatic rings. The topological polar surface area (TPSA) is 58.4 Å². The van der Waals surface area contributed by atoms with Gasteiger partial charge < -0.3 is 11.1 Å². The number of carbonyl (C=O) groups excluding carboxylic acids is 1. The molecule has 1 unspecified atom stereocenters. The number of hydrogen-bond donors (Lipinski definition) is 2. The van der Waals surface area contributed by atoms with Crippen LogP contribution >= 0.6 is 0 Å². The zero-order valence-electron chi connectivity index (χ0n) is 9.41. The summed E-state index contributed by atoms with van der Waals surface area (Å²) in [7, 11) is 0. The molecule has 3 N–H and O–H groups in total. The van der Waals surface area contributed by atoms with Gasteiger partial charge in [-0.3, -0.25) is 9.69 Å². The summed E-state index contributed by atoms with van der Waals surface area (Å²) in [5.74, 6) is 0.559. The zero-order valence-corrected chi connectivity index (χ0v) is 9.41. The smallest absolute Gasteiger partial charge is 0.234 e. The van der Waals surface area contributed by atoms with Crippen molar-refractivity contribution >= 4 is 5.91 Å². The summed E-state index contributed by atoms with van der Waals surface area (Å²) in [5, 5.41) is 3.54. The van der Waals surface area contributed by atoms with Crippen LogP contribution in [0.5, 0.6) is 0 Å². The molecule has 86 valence electrons. The monoisotopic (exact) mass is 211 g/mol. The predicted molar refractivity (Wildman–Crippen MR) is 59.4 cm³/mol. The molecule has 0 radical (unpaired) electrons. The molecule has 3 atom stereocenters. The standard InChI is InChI=1S/C11H21N3O/c1-2-10(11(12)15)14-6-8-4-3-5-13-9(8)7-14/h8-10,13H,2-7H2,1H3,(H2,12,15)/t8-,9+,10?/m0/s1. The molecule has 0 saturated carbocycles. The third kappa shape index (κ3) is 2.16. The van der Waals surface area contributed by atoms with E-state index in [0.717, 1.165) is 32.0 Å². The van der Waals surface area contributed by atoms with Crippen LogP contribution in [0.25, 0.3) is 0 Å². The molecule has 1 amide bonds. The zero-order chi connectivity index (χ0) is 10.8. The first-order valence-corrected chi connectivity index (χ1v) is 5.99. The van der Waals surface area contributed by atoms with Crippen LogP contribution in [-0.4, -0.2) is 42.5 Å². The van der Waals surface area contributed by atoms with E-state index in [2.05, 4.69) is 10.2 Å². The van der Waals surface area contributed by atoms with Gasteiger partial charge >= 0.3 is 0 Å². The van der Waals surface area contributed by atoms with Crippen molar-refractivity contribution in [2.75, 3.05) is 19.6 Å². The van der Waals surface area contributed by atoms with E-state index in [9.17, 15) is 4.79 Å². The van der Waals surface area contributed by atoms with Gasteiger partial charge in [0.1, 0.15) is 0 Å². The van der Waals surface area contributed by atoms with Crippen LogP contribution in [0, 0.1) is 5.92 Å². The molecule has 0 spiro atoms. The summed E-state index contributed by atoms with van der Waals surface area (Å²) >= 11 is 0. The SMILES string of the molecule is CCC(C(N)=O)N1C[C@@H]2CCCN[C@@H]2C1. The van der Waals surface area contributed by atoms with E-state index in [4.69, 9.17) is 5.73 Å². The van der Waals surface area contributed by atoms with Crippen molar-refractivity contribution in [1.29, 1.82) is 0 Å². The molecule has 0 bridgehead atoms. The molecule has 2 saturated heterocycles. The molecule has 15 heavy (non-hydrogen) atoms. The van der Waals surface area contributed by atoms with Crippen molar-refractivity contribution in [2.24, 2.45) is 11.7 Å². The highest BCUT2D eigenvalue weighted by Gasteiger charge is 2.38. The number of likely N-dealkylation sites (tertiary alicyclic amines) is 1. The molecule has 4 heteroatoms. The lowest BCUT2D eigenvalue weighted by Crippen LogP contribution is -2.45. The third-order valence-electron chi connectivity index (χ3n) is 3.78. The highest BCUT2D eigenvalue weighted by molar-refractivity contribution is 5.79. The van der Waals surface area contributed by atoms with Gasteiger partial charge in [0.2, 0.25) is 5.91 Å². The number of nitrogens with zero attached hydrogens (tertiary/aromatic N) is 1. The largest absolute Gasteiger partial charge is 0.368 e. The third-order valence-corrected chi connectivity index (χ3v) is 3.78. The van der Waals surface area contributed by atoms with E-state index in [-0.39, 0.29) is 11.9 Å². The van der Waals surface area contributed by atoms with Crippen molar-refractivity contribution in [3.63, 3.8) is 0 Å². The van der Waals surface area contributed by atoms with Gasteiger partial charge in [0.05, 0.1) is 6.04 Å². The Kier molecular flexibility index (Phi) is 3.26. The number of rotatable bonds is 3. The van der Waals surface area contributed by atoms with Gasteiger partial charge in [0, 0.05) is 19.1 Å². The van der Waals surface area contributed by atoms with Crippen LogP contribution in [0.4, 0.5) is 0 Å². The molecule has 0 aliphatic carbocycles. The highest BCUT2D eigenvalue weighted by Crippen LogP contribution is 2.26. The van der Waals surface area contributed by atoms with E-state index in [1.807, 2.05) is 6.92 Å². The molecule has 0 aromatic heterocycles. The first kappa shape index (κ1) is 10.9. The molecular formula is C11H21N3O. The number of piperidine rings is 1. The Morgan fingerprint density at radius 1 is 1.60 bits per heavy atom. The molecule has 0 aromatic carbocycles. The van der Waals surface area contributed by atoms with E-state index >= 15 is 0 Å². The molecule has 2 aliphatic heterocycles. The minimum Gasteiger partial charge on any atom is -0.368 e. The van der Waals surface area contributed by atoms with Gasteiger partial charge in [-0.15, -0.1) is 0 Å². The lowest BCUT2D eigenvalue weighted by molar-refractivity contribution is -0.123. The van der Waals surface area contributed by atoms with Gasteiger partial charge in [-0.2, -0.15) is 0 Å². The Bertz CT molecular complexity index is 230. The Labute approximate surface area is 91.2 Å². The fourth-order valence-electron chi connectivity index (χ4n) is 2.97. The van der Waals surface area contributed by atoms with Crippen molar-refractivity contribution in [1.82, 2.24) is 10.2 Å². The quantitative estimate of drug-likeness (QED) is 0.687. The Morgan fingerprint density at radius 2 is 2.40 bits per heavy atom. The number of hydrogen-bond acceptors (Lipinski definition) is 3. The predicted octanol–water partition coefficient (Wildman–Crippen LogP) is -0.0659. The second-order valence-corrected chi connectivity index (χ2v) is 4.74. The summed E-state index contributed by atoms with van der Waals surface area (Å²) in [4.78, 5) is 13.5. The summed E-state index contributed by atoms with van der Waals surface area (Å²) < 4.78 is 0. The minimum atomic E-state index is -0.170. The summed E-state index contributed by atoms with van der Waals surface area (Å²) in [5.41, 5.74) is 5.42. The number of nitrogens with one attached hydrogen (secondary N) is 1. The number of nitrogens with two attached hydrogens (primary N) is 1. The lowest BCUT2D eigenvalue weighted by Gasteiger charge is -2.25. The summed E-state index contributed by atoms with van der Waals surface area (Å²) in [6, 6.07) is 0.532. The van der Waals surface area contributed by atoms with Gasteiger partial charge in [-0.05, 0) is 31.7 Å². The van der Waals surface area contributed by atoms with Crippen LogP contribution in [0.15, 0.2) is 0 Å². The van der Waals surface area contributed by atoms with E-state index in [1.165, 1.54) is 12.8 Å². The van der Waals surface area contributed by atoms with Crippen LogP contribution in [0.2, 0.25) is 0 Å². The number of primary amides is 1. The second-order valence-electron chi connectivity index (χ2n) is 4.74. The highest BCUT2D eigenvalue weighted by atomic mass is 16.1. The Morgan fingerprint density at radius 3 is 3.00 bits per heavy atom. The van der Waals surface area contributed by atoms with Crippen molar-refractivity contribution < 1.29 is 4.79 Å². The molecule has 2 heterocycles. The summed E-state index contributed by atoms with van der Waals surface area (Å²) in [6.07, 6.45) is 3.39. The van der Waals surface area contributed by atoms with Crippen molar-refractivity contribution in [3.8, 4) is 0 Å². The van der Waals surface area contributed by atoms with Crippen molar-refractivity contribution in [2.45, 2.75) is 38.3 Å². The van der Waals surface area contributed by atoms with Gasteiger partial charge in [-0.1, -0.05) is 6.92 Å². The molecule has 2 aliphatic rings. The van der Waals surface area contributed by atoms with Crippen LogP contribution in [0.1, 0.15) is 26.2 Å². The van der Waals surface area contributed by atoms with Gasteiger partial charge in [-0.25, -0.2) is 0 Å². The van der Waals surface area contributed by atoms with E-state index in [1.54, 1.807) is 0 Å². The Hall–Kier alpha value is -0.610. The van der Waals surface area contributed by atoms with Gasteiger partial charge in [0.15, 0.2) is 0 Å². The normalized spacial score (nSPS) is 33.7. The van der Waals surface area contributed by atoms with Crippen LogP contribution in [-0.2, 0) is 4.79 Å². The Balaban J connectivity index is 1.98. The minimum absolute atomic E-state index is 0.0580. The molecular weight excluding hydrogens is 190 g/mol. The molecule has 2 rings (SSSR count).